The molecule has 0 atom stereocenters. The molecule has 1 aliphatic heterocycles. The summed E-state index contributed by atoms with van der Waals surface area (Å²) in [5.74, 6) is 0.539. The van der Waals surface area contributed by atoms with Gasteiger partial charge in [0.1, 0.15) is 0 Å². The predicted molar refractivity (Wildman–Crippen MR) is 104 cm³/mol. The van der Waals surface area contributed by atoms with Crippen LogP contribution in [-0.4, -0.2) is 41.3 Å². The normalized spacial score (nSPS) is 15.0. The van der Waals surface area contributed by atoms with Crippen LogP contribution in [0.4, 0.5) is 5.95 Å². The van der Waals surface area contributed by atoms with Gasteiger partial charge in [0.05, 0.1) is 18.6 Å². The van der Waals surface area contributed by atoms with Crippen LogP contribution in [0.1, 0.15) is 11.1 Å². The zero-order valence-electron chi connectivity index (χ0n) is 14.0. The average molecular weight is 369 g/mol. The lowest BCUT2D eigenvalue weighted by Gasteiger charge is -2.27. The first-order chi connectivity index (χ1) is 12.7. The van der Waals surface area contributed by atoms with E-state index in [1.807, 2.05) is 41.3 Å². The molecular formula is C19H17ClN4O2. The summed E-state index contributed by atoms with van der Waals surface area (Å²) in [6, 6.07) is 9.30. The number of ether oxygens (including phenoxy) is 1. The number of nitrogens with one attached hydrogen (secondary N) is 1. The van der Waals surface area contributed by atoms with Gasteiger partial charge in [-0.3, -0.25) is 9.78 Å². The van der Waals surface area contributed by atoms with Crippen molar-refractivity contribution in [2.45, 2.75) is 0 Å². The fraction of sp³-hybridized carbons (Fsp3) is 0.211. The van der Waals surface area contributed by atoms with Gasteiger partial charge in [-0.1, -0.05) is 35.9 Å². The second kappa shape index (κ2) is 7.27. The van der Waals surface area contributed by atoms with Crippen LogP contribution < -0.4 is 10.5 Å². The maximum atomic E-state index is 12.7. The van der Waals surface area contributed by atoms with E-state index in [0.717, 1.165) is 11.1 Å². The molecule has 0 unspecified atom stereocenters. The average Bonchev–Trinajstić information content (AvgIpc) is 2.68. The molecule has 1 aliphatic rings. The van der Waals surface area contributed by atoms with Gasteiger partial charge in [0.15, 0.2) is 5.65 Å². The van der Waals surface area contributed by atoms with Gasteiger partial charge < -0.3 is 9.64 Å². The number of hydrogen-bond donors (Lipinski definition) is 1. The third kappa shape index (κ3) is 3.47. The highest BCUT2D eigenvalue weighted by molar-refractivity contribution is 6.30. The van der Waals surface area contributed by atoms with Crippen molar-refractivity contribution >= 4 is 40.7 Å². The van der Waals surface area contributed by atoms with E-state index in [0.29, 0.717) is 48.3 Å². The molecule has 0 saturated carbocycles. The van der Waals surface area contributed by atoms with Crippen molar-refractivity contribution in [3.8, 4) is 0 Å². The van der Waals surface area contributed by atoms with Crippen LogP contribution >= 0.6 is 11.6 Å². The Morgan fingerprint density at radius 2 is 1.88 bits per heavy atom. The zero-order chi connectivity index (χ0) is 17.9. The van der Waals surface area contributed by atoms with Crippen molar-refractivity contribution in [2.75, 3.05) is 31.2 Å². The predicted octanol–water partition coefficient (Wildman–Crippen LogP) is 2.98. The van der Waals surface area contributed by atoms with Crippen molar-refractivity contribution in [1.29, 1.82) is 0 Å². The van der Waals surface area contributed by atoms with Crippen LogP contribution in [-0.2, 0) is 4.74 Å². The lowest BCUT2D eigenvalue weighted by Crippen LogP contribution is -2.38. The van der Waals surface area contributed by atoms with Crippen molar-refractivity contribution in [3.05, 3.63) is 63.0 Å². The Morgan fingerprint density at radius 1 is 1.12 bits per heavy atom. The van der Waals surface area contributed by atoms with Crippen LogP contribution in [0.3, 0.4) is 0 Å². The second-order valence-electron chi connectivity index (χ2n) is 5.97. The standard InChI is InChI=1S/C19H17ClN4O2/c20-15-5-2-13(3-6-15)1-4-14-7-8-21-17-16(14)18(25)23-19(22-17)24-9-11-26-12-10-24/h1-8H,9-12H2,(H,21,22,23,25)/b4-1+. The van der Waals surface area contributed by atoms with Crippen LogP contribution in [0.2, 0.25) is 5.02 Å². The third-order valence-corrected chi connectivity index (χ3v) is 4.52. The number of pyridine rings is 1. The summed E-state index contributed by atoms with van der Waals surface area (Å²) < 4.78 is 5.34. The van der Waals surface area contributed by atoms with Gasteiger partial charge in [-0.2, -0.15) is 4.98 Å². The Balaban J connectivity index is 1.72. The summed E-state index contributed by atoms with van der Waals surface area (Å²) in [6.07, 6.45) is 5.48. The first-order valence-corrected chi connectivity index (χ1v) is 8.74. The molecule has 2 aromatic heterocycles. The van der Waals surface area contributed by atoms with Gasteiger partial charge in [-0.05, 0) is 29.3 Å². The molecule has 6 nitrogen and oxygen atoms in total. The molecule has 0 aliphatic carbocycles. The maximum Gasteiger partial charge on any atom is 0.262 e. The molecule has 1 fully saturated rings. The van der Waals surface area contributed by atoms with E-state index in [1.165, 1.54) is 0 Å². The number of fused-ring (bicyclic) bond motifs is 1. The van der Waals surface area contributed by atoms with E-state index < -0.39 is 0 Å². The molecule has 1 saturated heterocycles. The molecule has 3 heterocycles. The quantitative estimate of drug-likeness (QED) is 0.769. The van der Waals surface area contributed by atoms with E-state index in [-0.39, 0.29) is 5.56 Å². The van der Waals surface area contributed by atoms with Gasteiger partial charge in [-0.25, -0.2) is 4.98 Å². The fourth-order valence-electron chi connectivity index (χ4n) is 2.90. The molecule has 7 heteroatoms. The van der Waals surface area contributed by atoms with Crippen LogP contribution in [0.15, 0.2) is 41.3 Å². The number of aromatic nitrogens is 3. The van der Waals surface area contributed by atoms with E-state index in [2.05, 4.69) is 15.0 Å². The van der Waals surface area contributed by atoms with Crippen molar-refractivity contribution in [1.82, 2.24) is 15.0 Å². The number of aromatic amines is 1. The number of hydrogen-bond acceptors (Lipinski definition) is 5. The Bertz CT molecular complexity index is 1010. The highest BCUT2D eigenvalue weighted by Crippen LogP contribution is 2.18. The van der Waals surface area contributed by atoms with Crippen LogP contribution in [0.5, 0.6) is 0 Å². The van der Waals surface area contributed by atoms with Crippen LogP contribution in [0.25, 0.3) is 23.2 Å². The third-order valence-electron chi connectivity index (χ3n) is 4.26. The molecular weight excluding hydrogens is 352 g/mol. The minimum absolute atomic E-state index is 0.194. The number of rotatable bonds is 3. The molecule has 0 radical (unpaired) electrons. The molecule has 1 N–H and O–H groups in total. The summed E-state index contributed by atoms with van der Waals surface area (Å²) in [7, 11) is 0. The number of halogens is 1. The highest BCUT2D eigenvalue weighted by atomic mass is 35.5. The van der Waals surface area contributed by atoms with Crippen molar-refractivity contribution < 1.29 is 4.74 Å². The summed E-state index contributed by atoms with van der Waals surface area (Å²) in [5, 5.41) is 1.17. The zero-order valence-corrected chi connectivity index (χ0v) is 14.7. The lowest BCUT2D eigenvalue weighted by molar-refractivity contribution is 0.122. The SMILES string of the molecule is O=c1[nH]c(N2CCOCC2)nc2nccc(/C=C/c3ccc(Cl)cc3)c12. The molecule has 4 rings (SSSR count). The van der Waals surface area contributed by atoms with E-state index >= 15 is 0 Å². The fourth-order valence-corrected chi connectivity index (χ4v) is 3.02. The molecule has 0 bridgehead atoms. The van der Waals surface area contributed by atoms with Gasteiger partial charge >= 0.3 is 0 Å². The first-order valence-electron chi connectivity index (χ1n) is 8.36. The first kappa shape index (κ1) is 16.8. The second-order valence-corrected chi connectivity index (χ2v) is 6.41. The molecule has 132 valence electrons. The number of nitrogens with zero attached hydrogens (tertiary/aromatic N) is 3. The monoisotopic (exact) mass is 368 g/mol. The number of benzene rings is 1. The summed E-state index contributed by atoms with van der Waals surface area (Å²) in [5.41, 5.74) is 2.01. The molecule has 26 heavy (non-hydrogen) atoms. The minimum Gasteiger partial charge on any atom is -0.378 e. The molecule has 0 spiro atoms. The highest BCUT2D eigenvalue weighted by Gasteiger charge is 2.16. The minimum atomic E-state index is -0.194. The van der Waals surface area contributed by atoms with Gasteiger partial charge in [0, 0.05) is 24.3 Å². The Labute approximate surface area is 155 Å². The molecule has 0 amide bonds. The lowest BCUT2D eigenvalue weighted by atomic mass is 10.1. The smallest absolute Gasteiger partial charge is 0.262 e. The van der Waals surface area contributed by atoms with Crippen molar-refractivity contribution in [2.24, 2.45) is 0 Å². The van der Waals surface area contributed by atoms with Gasteiger partial charge in [0.25, 0.3) is 5.56 Å². The van der Waals surface area contributed by atoms with E-state index in [9.17, 15) is 4.79 Å². The van der Waals surface area contributed by atoms with Crippen molar-refractivity contribution in [3.63, 3.8) is 0 Å². The molecule has 3 aromatic rings. The van der Waals surface area contributed by atoms with E-state index in [1.54, 1.807) is 12.3 Å². The van der Waals surface area contributed by atoms with Crippen LogP contribution in [0, 0.1) is 0 Å². The van der Waals surface area contributed by atoms with E-state index in [4.69, 9.17) is 16.3 Å². The van der Waals surface area contributed by atoms with Gasteiger partial charge in [-0.15, -0.1) is 0 Å². The summed E-state index contributed by atoms with van der Waals surface area (Å²) in [4.78, 5) is 26.4. The molecule has 1 aromatic carbocycles. The number of anilines is 1. The summed E-state index contributed by atoms with van der Waals surface area (Å²) >= 11 is 5.91. The topological polar surface area (TPSA) is 71.1 Å². The maximum absolute atomic E-state index is 12.7. The largest absolute Gasteiger partial charge is 0.378 e. The Morgan fingerprint density at radius 3 is 2.65 bits per heavy atom. The Hall–Kier alpha value is -2.70. The van der Waals surface area contributed by atoms with Gasteiger partial charge in [0.2, 0.25) is 5.95 Å². The Kier molecular flexibility index (Phi) is 4.69. The number of H-pyrrole nitrogens is 1. The summed E-state index contributed by atoms with van der Waals surface area (Å²) in [6.45, 7) is 2.65. The number of morpholine rings is 1.